The Morgan fingerprint density at radius 1 is 1.13 bits per heavy atom. The highest BCUT2D eigenvalue weighted by Crippen LogP contribution is 2.23. The van der Waals surface area contributed by atoms with Crippen molar-refractivity contribution in [2.75, 3.05) is 13.7 Å². The first-order valence-electron chi connectivity index (χ1n) is 7.36. The van der Waals surface area contributed by atoms with Crippen molar-refractivity contribution < 1.29 is 4.74 Å². The van der Waals surface area contributed by atoms with Crippen molar-refractivity contribution in [2.24, 2.45) is 0 Å². The Morgan fingerprint density at radius 3 is 2.78 bits per heavy atom. The van der Waals surface area contributed by atoms with Gasteiger partial charge in [-0.25, -0.2) is 0 Å². The maximum Gasteiger partial charge on any atom is 0.123 e. The van der Waals surface area contributed by atoms with Crippen molar-refractivity contribution in [3.8, 4) is 5.75 Å². The number of fused-ring (bicyclic) bond motifs is 1. The van der Waals surface area contributed by atoms with Crippen molar-refractivity contribution >= 4 is 39.2 Å². The van der Waals surface area contributed by atoms with Gasteiger partial charge in [0.05, 0.1) is 7.11 Å². The zero-order valence-electron chi connectivity index (χ0n) is 12.9. The third-order valence-electron chi connectivity index (χ3n) is 3.80. The van der Waals surface area contributed by atoms with E-state index in [9.17, 15) is 0 Å². The first-order chi connectivity index (χ1) is 10.8. The van der Waals surface area contributed by atoms with Crippen LogP contribution >= 0.6 is 28.3 Å². The summed E-state index contributed by atoms with van der Waals surface area (Å²) in [5, 5.41) is 4.80. The SMILES string of the molecule is COc1ccc(Br)cc1CNCCc1c[nH]c2ccccc12.Cl. The van der Waals surface area contributed by atoms with Crippen molar-refractivity contribution in [1.82, 2.24) is 10.3 Å². The minimum absolute atomic E-state index is 0. The summed E-state index contributed by atoms with van der Waals surface area (Å²) in [5.41, 5.74) is 3.71. The maximum atomic E-state index is 5.40. The van der Waals surface area contributed by atoms with E-state index in [0.717, 1.165) is 35.3 Å². The largest absolute Gasteiger partial charge is 0.496 e. The van der Waals surface area contributed by atoms with Gasteiger partial charge in [-0.3, -0.25) is 0 Å². The van der Waals surface area contributed by atoms with Crippen molar-refractivity contribution in [1.29, 1.82) is 0 Å². The summed E-state index contributed by atoms with van der Waals surface area (Å²) in [4.78, 5) is 3.32. The maximum absolute atomic E-state index is 5.40. The predicted octanol–water partition coefficient (Wildman–Crippen LogP) is 4.69. The van der Waals surface area contributed by atoms with E-state index in [4.69, 9.17) is 4.74 Å². The van der Waals surface area contributed by atoms with Crippen LogP contribution in [0.15, 0.2) is 53.1 Å². The van der Waals surface area contributed by atoms with Crippen LogP contribution in [-0.2, 0) is 13.0 Å². The number of para-hydroxylation sites is 1. The third kappa shape index (κ3) is 4.28. The number of aromatic nitrogens is 1. The zero-order valence-corrected chi connectivity index (χ0v) is 15.3. The molecule has 0 radical (unpaired) electrons. The Morgan fingerprint density at radius 2 is 1.96 bits per heavy atom. The van der Waals surface area contributed by atoms with Crippen LogP contribution in [0.3, 0.4) is 0 Å². The van der Waals surface area contributed by atoms with Gasteiger partial charge in [-0.2, -0.15) is 0 Å². The summed E-state index contributed by atoms with van der Waals surface area (Å²) < 4.78 is 6.47. The number of halogens is 2. The van der Waals surface area contributed by atoms with Crippen molar-refractivity contribution in [3.05, 3.63) is 64.3 Å². The van der Waals surface area contributed by atoms with E-state index in [2.05, 4.69) is 62.8 Å². The van der Waals surface area contributed by atoms with E-state index in [0.29, 0.717) is 0 Å². The summed E-state index contributed by atoms with van der Waals surface area (Å²) >= 11 is 3.51. The fourth-order valence-electron chi connectivity index (χ4n) is 2.67. The number of aromatic amines is 1. The van der Waals surface area contributed by atoms with Gasteiger partial charge in [-0.1, -0.05) is 34.1 Å². The zero-order chi connectivity index (χ0) is 15.4. The Bertz CT molecular complexity index is 773. The molecule has 1 aromatic heterocycles. The number of hydrogen-bond acceptors (Lipinski definition) is 2. The van der Waals surface area contributed by atoms with E-state index in [1.807, 2.05) is 12.1 Å². The molecule has 0 aliphatic rings. The molecular formula is C18H20BrClN2O. The van der Waals surface area contributed by atoms with Gasteiger partial charge in [0.15, 0.2) is 0 Å². The number of rotatable bonds is 6. The van der Waals surface area contributed by atoms with E-state index in [-0.39, 0.29) is 12.4 Å². The molecule has 0 aliphatic carbocycles. The molecule has 2 aromatic carbocycles. The lowest BCUT2D eigenvalue weighted by molar-refractivity contribution is 0.407. The number of nitrogens with one attached hydrogen (secondary N) is 2. The van der Waals surface area contributed by atoms with Crippen LogP contribution in [0.4, 0.5) is 0 Å². The van der Waals surface area contributed by atoms with Gasteiger partial charge in [0.2, 0.25) is 0 Å². The Balaban J connectivity index is 0.00000192. The lowest BCUT2D eigenvalue weighted by atomic mass is 10.1. The van der Waals surface area contributed by atoms with Gasteiger partial charge in [-0.05, 0) is 42.8 Å². The Kier molecular flexibility index (Phi) is 6.51. The molecule has 0 spiro atoms. The molecule has 0 saturated heterocycles. The predicted molar refractivity (Wildman–Crippen MR) is 102 cm³/mol. The van der Waals surface area contributed by atoms with Gasteiger partial charge < -0.3 is 15.0 Å². The molecular weight excluding hydrogens is 376 g/mol. The molecule has 3 nitrogen and oxygen atoms in total. The number of hydrogen-bond donors (Lipinski definition) is 2. The highest BCUT2D eigenvalue weighted by Gasteiger charge is 2.05. The fourth-order valence-corrected chi connectivity index (χ4v) is 3.08. The molecule has 1 heterocycles. The van der Waals surface area contributed by atoms with E-state index in [1.165, 1.54) is 16.5 Å². The van der Waals surface area contributed by atoms with Crippen LogP contribution in [0.25, 0.3) is 10.9 Å². The van der Waals surface area contributed by atoms with Crippen LogP contribution in [0.2, 0.25) is 0 Å². The van der Waals surface area contributed by atoms with Crippen LogP contribution in [0, 0.1) is 0 Å². The standard InChI is InChI=1S/C18H19BrN2O.ClH/c1-22-18-7-6-15(19)10-14(18)11-20-9-8-13-12-21-17-5-3-2-4-16(13)17;/h2-7,10,12,20-21H,8-9,11H2,1H3;1H. The summed E-state index contributed by atoms with van der Waals surface area (Å²) in [7, 11) is 1.71. The molecule has 3 rings (SSSR count). The molecule has 3 aromatic rings. The molecule has 0 unspecified atom stereocenters. The minimum atomic E-state index is 0. The molecule has 2 N–H and O–H groups in total. The average molecular weight is 396 g/mol. The Labute approximate surface area is 151 Å². The third-order valence-corrected chi connectivity index (χ3v) is 4.30. The fraction of sp³-hybridized carbons (Fsp3) is 0.222. The van der Waals surface area contributed by atoms with Gasteiger partial charge in [-0.15, -0.1) is 12.4 Å². The normalized spacial score (nSPS) is 10.5. The molecule has 0 amide bonds. The highest BCUT2D eigenvalue weighted by atomic mass is 79.9. The van der Waals surface area contributed by atoms with E-state index < -0.39 is 0 Å². The second-order valence-electron chi connectivity index (χ2n) is 5.24. The van der Waals surface area contributed by atoms with Gasteiger partial charge in [0.1, 0.15) is 5.75 Å². The molecule has 5 heteroatoms. The summed E-state index contributed by atoms with van der Waals surface area (Å²) in [6.07, 6.45) is 3.10. The van der Waals surface area contributed by atoms with Crippen LogP contribution in [-0.4, -0.2) is 18.6 Å². The van der Waals surface area contributed by atoms with Gasteiger partial charge in [0, 0.05) is 33.7 Å². The van der Waals surface area contributed by atoms with Gasteiger partial charge >= 0.3 is 0 Å². The molecule has 0 saturated carbocycles. The molecule has 23 heavy (non-hydrogen) atoms. The van der Waals surface area contributed by atoms with Crippen molar-refractivity contribution in [3.63, 3.8) is 0 Å². The second kappa shape index (κ2) is 8.39. The Hall–Kier alpha value is -1.49. The molecule has 0 fully saturated rings. The van der Waals surface area contributed by atoms with Crippen LogP contribution in [0.1, 0.15) is 11.1 Å². The van der Waals surface area contributed by atoms with Crippen LogP contribution in [0.5, 0.6) is 5.75 Å². The number of methoxy groups -OCH3 is 1. The van der Waals surface area contributed by atoms with Crippen LogP contribution < -0.4 is 10.1 Å². The smallest absolute Gasteiger partial charge is 0.123 e. The minimum Gasteiger partial charge on any atom is -0.496 e. The monoisotopic (exact) mass is 394 g/mol. The van der Waals surface area contributed by atoms with Crippen molar-refractivity contribution in [2.45, 2.75) is 13.0 Å². The quantitative estimate of drug-likeness (QED) is 0.594. The topological polar surface area (TPSA) is 37.0 Å². The van der Waals surface area contributed by atoms with Gasteiger partial charge in [0.25, 0.3) is 0 Å². The molecule has 0 bridgehead atoms. The highest BCUT2D eigenvalue weighted by molar-refractivity contribution is 9.10. The number of ether oxygens (including phenoxy) is 1. The average Bonchev–Trinajstić information content (AvgIpc) is 2.95. The summed E-state index contributed by atoms with van der Waals surface area (Å²) in [5.74, 6) is 0.919. The summed E-state index contributed by atoms with van der Waals surface area (Å²) in [6.45, 7) is 1.72. The number of benzene rings is 2. The summed E-state index contributed by atoms with van der Waals surface area (Å²) in [6, 6.07) is 14.5. The molecule has 122 valence electrons. The lowest BCUT2D eigenvalue weighted by Gasteiger charge is -2.10. The first kappa shape index (κ1) is 17.9. The van der Waals surface area contributed by atoms with E-state index in [1.54, 1.807) is 7.11 Å². The van der Waals surface area contributed by atoms with E-state index >= 15 is 0 Å². The molecule has 0 atom stereocenters. The second-order valence-corrected chi connectivity index (χ2v) is 6.16. The molecule has 0 aliphatic heterocycles. The number of H-pyrrole nitrogens is 1. The lowest BCUT2D eigenvalue weighted by Crippen LogP contribution is -2.17. The first-order valence-corrected chi connectivity index (χ1v) is 8.15.